The van der Waals surface area contributed by atoms with Gasteiger partial charge in [-0.25, -0.2) is 0 Å². The first-order valence-corrected chi connectivity index (χ1v) is 8.57. The summed E-state index contributed by atoms with van der Waals surface area (Å²) in [5.41, 5.74) is 2.81. The van der Waals surface area contributed by atoms with Crippen LogP contribution in [0.3, 0.4) is 0 Å². The summed E-state index contributed by atoms with van der Waals surface area (Å²) in [7, 11) is 0. The number of carbonyl (C=O) groups excluding carboxylic acids is 2. The molecule has 1 fully saturated rings. The minimum atomic E-state index is -0.474. The van der Waals surface area contributed by atoms with Crippen molar-refractivity contribution in [2.24, 2.45) is 5.92 Å². The fourth-order valence-corrected chi connectivity index (χ4v) is 2.48. The molecule has 0 unspecified atom stereocenters. The molecule has 1 aliphatic rings. The molecule has 0 radical (unpaired) electrons. The Bertz CT molecular complexity index is 915. The first-order valence-electron chi connectivity index (χ1n) is 8.57. The highest BCUT2D eigenvalue weighted by Gasteiger charge is 2.29. The SMILES string of the molecule is Cc1ccc(NC(=O)C2CC2)cc1NC(=O)/C=C/c1ccc([N+](=O)[O-])cc1. The number of hydrogen-bond donors (Lipinski definition) is 2. The van der Waals surface area contributed by atoms with E-state index in [-0.39, 0.29) is 23.4 Å². The highest BCUT2D eigenvalue weighted by molar-refractivity contribution is 6.03. The Kier molecular flexibility index (Phi) is 5.30. The van der Waals surface area contributed by atoms with E-state index in [1.54, 1.807) is 30.3 Å². The summed E-state index contributed by atoms with van der Waals surface area (Å²) < 4.78 is 0. The number of nitrogens with zero attached hydrogens (tertiary/aromatic N) is 1. The molecule has 3 rings (SSSR count). The summed E-state index contributed by atoms with van der Waals surface area (Å²) in [6.07, 6.45) is 4.78. The van der Waals surface area contributed by atoms with Crippen molar-refractivity contribution in [1.29, 1.82) is 0 Å². The van der Waals surface area contributed by atoms with Crippen LogP contribution in [-0.2, 0) is 9.59 Å². The number of anilines is 2. The van der Waals surface area contributed by atoms with Crippen molar-refractivity contribution >= 4 is 35.0 Å². The summed E-state index contributed by atoms with van der Waals surface area (Å²) in [6.45, 7) is 1.86. The van der Waals surface area contributed by atoms with Crippen LogP contribution in [0.1, 0.15) is 24.0 Å². The second kappa shape index (κ2) is 7.82. The summed E-state index contributed by atoms with van der Waals surface area (Å²) in [4.78, 5) is 34.2. The van der Waals surface area contributed by atoms with Crippen molar-refractivity contribution < 1.29 is 14.5 Å². The van der Waals surface area contributed by atoms with E-state index in [9.17, 15) is 19.7 Å². The summed E-state index contributed by atoms with van der Waals surface area (Å²) in [5.74, 6) is -0.217. The van der Waals surface area contributed by atoms with E-state index in [1.165, 1.54) is 18.2 Å². The molecule has 0 atom stereocenters. The molecule has 2 N–H and O–H groups in total. The fraction of sp³-hybridized carbons (Fsp3) is 0.200. The highest BCUT2D eigenvalue weighted by atomic mass is 16.6. The van der Waals surface area contributed by atoms with Gasteiger partial charge in [-0.15, -0.1) is 0 Å². The molecule has 0 spiro atoms. The molecule has 7 heteroatoms. The van der Waals surface area contributed by atoms with Gasteiger partial charge in [0.2, 0.25) is 11.8 Å². The zero-order valence-corrected chi connectivity index (χ0v) is 14.8. The van der Waals surface area contributed by atoms with Crippen molar-refractivity contribution in [1.82, 2.24) is 0 Å². The number of rotatable bonds is 6. The molecule has 2 amide bonds. The van der Waals surface area contributed by atoms with E-state index < -0.39 is 4.92 Å². The molecule has 2 aromatic carbocycles. The summed E-state index contributed by atoms with van der Waals surface area (Å²) in [6, 6.07) is 11.3. The number of nitro benzene ring substituents is 1. The quantitative estimate of drug-likeness (QED) is 0.460. The van der Waals surface area contributed by atoms with Crippen molar-refractivity contribution in [3.05, 3.63) is 69.8 Å². The molecule has 0 aliphatic heterocycles. The number of nitrogens with one attached hydrogen (secondary N) is 2. The minimum absolute atomic E-state index is 0.00251. The summed E-state index contributed by atoms with van der Waals surface area (Å²) in [5, 5.41) is 16.3. The van der Waals surface area contributed by atoms with Gasteiger partial charge < -0.3 is 10.6 Å². The number of hydrogen-bond acceptors (Lipinski definition) is 4. The minimum Gasteiger partial charge on any atom is -0.326 e. The maximum Gasteiger partial charge on any atom is 0.269 e. The van der Waals surface area contributed by atoms with Gasteiger partial charge >= 0.3 is 0 Å². The van der Waals surface area contributed by atoms with Crippen LogP contribution in [-0.4, -0.2) is 16.7 Å². The third-order valence-corrected chi connectivity index (χ3v) is 4.24. The zero-order valence-electron chi connectivity index (χ0n) is 14.8. The zero-order chi connectivity index (χ0) is 19.4. The Morgan fingerprint density at radius 1 is 1.11 bits per heavy atom. The number of non-ortho nitro benzene ring substituents is 1. The predicted molar refractivity (Wildman–Crippen MR) is 103 cm³/mol. The molecular formula is C20H19N3O4. The standard InChI is InChI=1S/C20H19N3O4/c1-13-2-8-16(21-20(25)15-6-7-15)12-18(13)22-19(24)11-5-14-3-9-17(10-4-14)23(26)27/h2-5,8-12,15H,6-7H2,1H3,(H,21,25)(H,22,24)/b11-5+. The van der Waals surface area contributed by atoms with E-state index >= 15 is 0 Å². The van der Waals surface area contributed by atoms with Crippen molar-refractivity contribution in [3.8, 4) is 0 Å². The second-order valence-corrected chi connectivity index (χ2v) is 6.46. The van der Waals surface area contributed by atoms with E-state index in [1.807, 2.05) is 13.0 Å². The summed E-state index contributed by atoms with van der Waals surface area (Å²) >= 11 is 0. The number of benzene rings is 2. The molecule has 0 aromatic heterocycles. The Morgan fingerprint density at radius 3 is 2.44 bits per heavy atom. The molecule has 7 nitrogen and oxygen atoms in total. The van der Waals surface area contributed by atoms with Crippen LogP contribution in [0.4, 0.5) is 17.1 Å². The monoisotopic (exact) mass is 365 g/mol. The van der Waals surface area contributed by atoms with Crippen LogP contribution in [0, 0.1) is 23.0 Å². The number of nitro groups is 1. The van der Waals surface area contributed by atoms with E-state index in [0.29, 0.717) is 16.9 Å². The van der Waals surface area contributed by atoms with Crippen molar-refractivity contribution in [3.63, 3.8) is 0 Å². The molecule has 0 saturated heterocycles. The van der Waals surface area contributed by atoms with Crippen LogP contribution >= 0.6 is 0 Å². The molecule has 1 saturated carbocycles. The molecule has 2 aromatic rings. The Balaban J connectivity index is 1.64. The first kappa shape index (κ1) is 18.3. The predicted octanol–water partition coefficient (Wildman–Crippen LogP) is 3.90. The lowest BCUT2D eigenvalue weighted by molar-refractivity contribution is -0.384. The van der Waals surface area contributed by atoms with Crippen LogP contribution in [0.25, 0.3) is 6.08 Å². The van der Waals surface area contributed by atoms with Gasteiger partial charge in [-0.1, -0.05) is 6.07 Å². The number of amides is 2. The van der Waals surface area contributed by atoms with Gasteiger partial charge in [-0.2, -0.15) is 0 Å². The highest BCUT2D eigenvalue weighted by Crippen LogP contribution is 2.30. The molecule has 0 bridgehead atoms. The molecule has 0 heterocycles. The van der Waals surface area contributed by atoms with E-state index in [0.717, 1.165) is 18.4 Å². The van der Waals surface area contributed by atoms with E-state index in [2.05, 4.69) is 10.6 Å². The molecule has 1 aliphatic carbocycles. The van der Waals surface area contributed by atoms with Crippen LogP contribution in [0.2, 0.25) is 0 Å². The first-order chi connectivity index (χ1) is 12.9. The van der Waals surface area contributed by atoms with Crippen LogP contribution in [0.5, 0.6) is 0 Å². The maximum absolute atomic E-state index is 12.2. The number of carbonyl (C=O) groups is 2. The van der Waals surface area contributed by atoms with Gasteiger partial charge in [0.15, 0.2) is 0 Å². The lowest BCUT2D eigenvalue weighted by atomic mass is 10.1. The van der Waals surface area contributed by atoms with Crippen molar-refractivity contribution in [2.75, 3.05) is 10.6 Å². The fourth-order valence-electron chi connectivity index (χ4n) is 2.48. The van der Waals surface area contributed by atoms with Gasteiger partial charge in [-0.3, -0.25) is 19.7 Å². The Labute approximate surface area is 156 Å². The molecular weight excluding hydrogens is 346 g/mol. The average molecular weight is 365 g/mol. The van der Waals surface area contributed by atoms with Gasteiger partial charge in [0, 0.05) is 35.5 Å². The second-order valence-electron chi connectivity index (χ2n) is 6.46. The Morgan fingerprint density at radius 2 is 1.81 bits per heavy atom. The van der Waals surface area contributed by atoms with Crippen molar-refractivity contribution in [2.45, 2.75) is 19.8 Å². The van der Waals surface area contributed by atoms with Gasteiger partial charge in [0.25, 0.3) is 5.69 Å². The lowest BCUT2D eigenvalue weighted by Crippen LogP contribution is -2.14. The van der Waals surface area contributed by atoms with Gasteiger partial charge in [-0.05, 0) is 61.2 Å². The van der Waals surface area contributed by atoms with E-state index in [4.69, 9.17) is 0 Å². The largest absolute Gasteiger partial charge is 0.326 e. The third-order valence-electron chi connectivity index (χ3n) is 4.24. The number of aryl methyl sites for hydroxylation is 1. The third kappa shape index (κ3) is 5.01. The van der Waals surface area contributed by atoms with Crippen LogP contribution < -0.4 is 10.6 Å². The van der Waals surface area contributed by atoms with Gasteiger partial charge in [0.05, 0.1) is 4.92 Å². The average Bonchev–Trinajstić information content (AvgIpc) is 3.48. The maximum atomic E-state index is 12.2. The topological polar surface area (TPSA) is 101 Å². The van der Waals surface area contributed by atoms with Crippen LogP contribution in [0.15, 0.2) is 48.5 Å². The Hall–Kier alpha value is -3.48. The molecule has 138 valence electrons. The normalized spacial score (nSPS) is 13.4. The van der Waals surface area contributed by atoms with Gasteiger partial charge in [0.1, 0.15) is 0 Å². The molecule has 27 heavy (non-hydrogen) atoms. The smallest absolute Gasteiger partial charge is 0.269 e. The lowest BCUT2D eigenvalue weighted by Gasteiger charge is -2.10.